The maximum Gasteiger partial charge on any atom is 0.340 e. The molecule has 0 fully saturated rings. The Labute approximate surface area is 150 Å². The summed E-state index contributed by atoms with van der Waals surface area (Å²) >= 11 is 4.74. The van der Waals surface area contributed by atoms with E-state index >= 15 is 0 Å². The average molecular weight is 409 g/mol. The number of aromatic hydroxyl groups is 1. The number of methoxy groups -OCH3 is 1. The Balaban J connectivity index is 2.09. The first-order chi connectivity index (χ1) is 11.5. The van der Waals surface area contributed by atoms with E-state index in [4.69, 9.17) is 9.15 Å². The van der Waals surface area contributed by atoms with Gasteiger partial charge >= 0.3 is 5.97 Å². The van der Waals surface area contributed by atoms with Gasteiger partial charge in [-0.05, 0) is 34.1 Å². The van der Waals surface area contributed by atoms with E-state index in [0.29, 0.717) is 21.6 Å². The van der Waals surface area contributed by atoms with Crippen molar-refractivity contribution < 1.29 is 24.2 Å². The standard InChI is InChI=1S/C17H13BrO5S/c1-22-16-10(18)7-11-13(15(16)19)14(17(20)21)12(23-11)8-24-9-5-3-2-4-6-9/h2-7,19H,8H2,1H3,(H,20,21). The molecule has 24 heavy (non-hydrogen) atoms. The van der Waals surface area contributed by atoms with Gasteiger partial charge in [0.05, 0.1) is 22.7 Å². The highest BCUT2D eigenvalue weighted by Gasteiger charge is 2.26. The second-order valence-electron chi connectivity index (χ2n) is 4.92. The van der Waals surface area contributed by atoms with Gasteiger partial charge in [0.1, 0.15) is 16.9 Å². The summed E-state index contributed by atoms with van der Waals surface area (Å²) in [5.41, 5.74) is 0.248. The molecule has 1 aromatic heterocycles. The first-order valence-corrected chi connectivity index (χ1v) is 8.72. The van der Waals surface area contributed by atoms with Crippen LogP contribution in [0.15, 0.2) is 50.2 Å². The lowest BCUT2D eigenvalue weighted by Crippen LogP contribution is -1.99. The number of carboxylic acids is 1. The van der Waals surface area contributed by atoms with Crippen LogP contribution in [0.2, 0.25) is 0 Å². The Morgan fingerprint density at radius 2 is 2.04 bits per heavy atom. The summed E-state index contributed by atoms with van der Waals surface area (Å²) in [5.74, 6) is -0.606. The number of carboxylic acid groups (broad SMARTS) is 1. The van der Waals surface area contributed by atoms with Crippen molar-refractivity contribution in [1.29, 1.82) is 0 Å². The van der Waals surface area contributed by atoms with Crippen molar-refractivity contribution in [3.05, 3.63) is 52.2 Å². The molecule has 3 aromatic rings. The third-order valence-electron chi connectivity index (χ3n) is 3.47. The molecule has 124 valence electrons. The molecule has 0 amide bonds. The summed E-state index contributed by atoms with van der Waals surface area (Å²) in [5, 5.41) is 20.1. The van der Waals surface area contributed by atoms with E-state index in [9.17, 15) is 15.0 Å². The number of fused-ring (bicyclic) bond motifs is 1. The Hall–Kier alpha value is -2.12. The van der Waals surface area contributed by atoms with Gasteiger partial charge in [-0.1, -0.05) is 18.2 Å². The number of furan rings is 1. The maximum absolute atomic E-state index is 11.7. The van der Waals surface area contributed by atoms with E-state index in [1.165, 1.54) is 18.9 Å². The molecule has 3 rings (SSSR count). The van der Waals surface area contributed by atoms with Crippen LogP contribution < -0.4 is 4.74 Å². The maximum atomic E-state index is 11.7. The molecule has 2 aromatic carbocycles. The van der Waals surface area contributed by atoms with Gasteiger partial charge in [0.25, 0.3) is 0 Å². The van der Waals surface area contributed by atoms with Gasteiger partial charge < -0.3 is 19.4 Å². The second-order valence-corrected chi connectivity index (χ2v) is 6.82. The summed E-state index contributed by atoms with van der Waals surface area (Å²) in [6.45, 7) is 0. The first-order valence-electron chi connectivity index (χ1n) is 6.95. The number of phenolic OH excluding ortho intramolecular Hbond substituents is 1. The summed E-state index contributed by atoms with van der Waals surface area (Å²) in [6, 6.07) is 11.2. The predicted molar refractivity (Wildman–Crippen MR) is 95.1 cm³/mol. The number of rotatable bonds is 5. The minimum atomic E-state index is -1.16. The average Bonchev–Trinajstić information content (AvgIpc) is 2.93. The van der Waals surface area contributed by atoms with Gasteiger partial charge in [-0.2, -0.15) is 0 Å². The van der Waals surface area contributed by atoms with Crippen molar-refractivity contribution in [3.63, 3.8) is 0 Å². The molecule has 0 unspecified atom stereocenters. The molecule has 7 heteroatoms. The third kappa shape index (κ3) is 2.97. The zero-order valence-corrected chi connectivity index (χ0v) is 15.0. The zero-order chi connectivity index (χ0) is 17.3. The fraction of sp³-hybridized carbons (Fsp3) is 0.118. The van der Waals surface area contributed by atoms with Crippen molar-refractivity contribution in [3.8, 4) is 11.5 Å². The third-order valence-corrected chi connectivity index (χ3v) is 5.07. The molecule has 0 atom stereocenters. The molecule has 1 heterocycles. The molecule has 0 spiro atoms. The molecule has 0 saturated heterocycles. The minimum Gasteiger partial charge on any atom is -0.504 e. The van der Waals surface area contributed by atoms with Crippen LogP contribution in [0.3, 0.4) is 0 Å². The van der Waals surface area contributed by atoms with Gasteiger partial charge in [0, 0.05) is 4.90 Å². The summed E-state index contributed by atoms with van der Waals surface area (Å²) in [7, 11) is 1.40. The van der Waals surface area contributed by atoms with Gasteiger partial charge in [0.15, 0.2) is 11.5 Å². The molecule has 0 aliphatic heterocycles. The first kappa shape index (κ1) is 16.7. The lowest BCUT2D eigenvalue weighted by atomic mass is 10.1. The Bertz CT molecular complexity index is 904. The number of hydrogen-bond donors (Lipinski definition) is 2. The molecule has 0 bridgehead atoms. The largest absolute Gasteiger partial charge is 0.504 e. The van der Waals surface area contributed by atoms with Gasteiger partial charge in [-0.3, -0.25) is 0 Å². The number of ether oxygens (including phenoxy) is 1. The van der Waals surface area contributed by atoms with Crippen LogP contribution in [0.1, 0.15) is 16.1 Å². The van der Waals surface area contributed by atoms with Crippen LogP contribution in [0.4, 0.5) is 0 Å². The second kappa shape index (κ2) is 6.78. The molecule has 2 N–H and O–H groups in total. The molecule has 0 aliphatic carbocycles. The quantitative estimate of drug-likeness (QED) is 0.584. The van der Waals surface area contributed by atoms with Crippen molar-refractivity contribution >= 4 is 44.6 Å². The Morgan fingerprint density at radius 3 is 2.67 bits per heavy atom. The number of phenols is 1. The molecule has 0 saturated carbocycles. The van der Waals surface area contributed by atoms with E-state index in [1.807, 2.05) is 30.3 Å². The van der Waals surface area contributed by atoms with Crippen molar-refractivity contribution in [1.82, 2.24) is 0 Å². The van der Waals surface area contributed by atoms with Crippen molar-refractivity contribution in [2.45, 2.75) is 10.6 Å². The van der Waals surface area contributed by atoms with Crippen LogP contribution in [0, 0.1) is 0 Å². The Kier molecular flexibility index (Phi) is 4.73. The number of carbonyl (C=O) groups is 1. The summed E-state index contributed by atoms with van der Waals surface area (Å²) in [6.07, 6.45) is 0. The highest BCUT2D eigenvalue weighted by atomic mass is 79.9. The number of aromatic carboxylic acids is 1. The summed E-state index contributed by atoms with van der Waals surface area (Å²) < 4.78 is 11.3. The van der Waals surface area contributed by atoms with E-state index in [-0.39, 0.29) is 22.4 Å². The normalized spacial score (nSPS) is 10.9. The van der Waals surface area contributed by atoms with Crippen molar-refractivity contribution in [2.24, 2.45) is 0 Å². The van der Waals surface area contributed by atoms with Crippen LogP contribution in [-0.2, 0) is 5.75 Å². The fourth-order valence-electron chi connectivity index (χ4n) is 2.43. The van der Waals surface area contributed by atoms with E-state index in [0.717, 1.165) is 4.90 Å². The van der Waals surface area contributed by atoms with Crippen LogP contribution in [-0.4, -0.2) is 23.3 Å². The van der Waals surface area contributed by atoms with Crippen molar-refractivity contribution in [2.75, 3.05) is 7.11 Å². The summed E-state index contributed by atoms with van der Waals surface area (Å²) in [4.78, 5) is 12.7. The SMILES string of the molecule is COc1c(Br)cc2oc(CSc3ccccc3)c(C(=O)O)c2c1O. The Morgan fingerprint density at radius 1 is 1.33 bits per heavy atom. The zero-order valence-electron chi connectivity index (χ0n) is 12.6. The molecular weight excluding hydrogens is 396 g/mol. The number of benzene rings is 2. The van der Waals surface area contributed by atoms with Gasteiger partial charge in [-0.25, -0.2) is 4.79 Å². The smallest absolute Gasteiger partial charge is 0.340 e. The lowest BCUT2D eigenvalue weighted by Gasteiger charge is -2.06. The molecule has 0 aliphatic rings. The van der Waals surface area contributed by atoms with Crippen LogP contribution in [0.25, 0.3) is 11.0 Å². The van der Waals surface area contributed by atoms with E-state index < -0.39 is 5.97 Å². The van der Waals surface area contributed by atoms with E-state index in [1.54, 1.807) is 6.07 Å². The minimum absolute atomic E-state index is 0.0447. The number of halogens is 1. The van der Waals surface area contributed by atoms with Crippen LogP contribution >= 0.6 is 27.7 Å². The fourth-order valence-corrected chi connectivity index (χ4v) is 3.84. The van der Waals surface area contributed by atoms with Gasteiger partial charge in [0.2, 0.25) is 0 Å². The monoisotopic (exact) mass is 408 g/mol. The molecular formula is C17H13BrO5S. The highest BCUT2D eigenvalue weighted by Crippen LogP contribution is 2.45. The van der Waals surface area contributed by atoms with E-state index in [2.05, 4.69) is 15.9 Å². The predicted octanol–water partition coefficient (Wildman–Crippen LogP) is 4.90. The van der Waals surface area contributed by atoms with Gasteiger partial charge in [-0.15, -0.1) is 11.8 Å². The van der Waals surface area contributed by atoms with Crippen LogP contribution in [0.5, 0.6) is 11.5 Å². The number of hydrogen-bond acceptors (Lipinski definition) is 5. The molecule has 0 radical (unpaired) electrons. The molecule has 5 nitrogen and oxygen atoms in total. The lowest BCUT2D eigenvalue weighted by molar-refractivity contribution is 0.0696. The topological polar surface area (TPSA) is 79.9 Å². The number of thioether (sulfide) groups is 1. The highest BCUT2D eigenvalue weighted by molar-refractivity contribution is 9.10.